The van der Waals surface area contributed by atoms with Gasteiger partial charge in [0.15, 0.2) is 5.60 Å². The Kier molecular flexibility index (Phi) is 12.7. The number of carbonyl (C=O) groups is 4. The molecule has 4 aromatic rings. The number of hydrogen-bond donors (Lipinski definition) is 2. The van der Waals surface area contributed by atoms with Crippen LogP contribution in [-0.4, -0.2) is 78.3 Å². The number of rotatable bonds is 14. The van der Waals surface area contributed by atoms with Gasteiger partial charge in [0.2, 0.25) is 17.7 Å². The molecule has 53 heavy (non-hydrogen) atoms. The highest BCUT2D eigenvalue weighted by atomic mass is 35.5. The number of esters is 1. The molecule has 0 aromatic heterocycles. The van der Waals surface area contributed by atoms with Crippen LogP contribution in [0.5, 0.6) is 0 Å². The molecule has 0 bridgehead atoms. The van der Waals surface area contributed by atoms with Gasteiger partial charge in [-0.15, -0.1) is 0 Å². The van der Waals surface area contributed by atoms with Gasteiger partial charge in [0.1, 0.15) is 12.1 Å². The van der Waals surface area contributed by atoms with Crippen LogP contribution < -0.4 is 10.6 Å². The summed E-state index contributed by atoms with van der Waals surface area (Å²) in [7, 11) is 3.27. The van der Waals surface area contributed by atoms with Crippen molar-refractivity contribution < 1.29 is 23.9 Å². The summed E-state index contributed by atoms with van der Waals surface area (Å²) in [6.45, 7) is 6.48. The zero-order chi connectivity index (χ0) is 38.2. The predicted molar refractivity (Wildman–Crippen MR) is 207 cm³/mol. The summed E-state index contributed by atoms with van der Waals surface area (Å²) in [4.78, 5) is 59.8. The SMILES string of the molecule is CNC(C)(C)C(=O)N(C)[C@@H](Cc1ccccc1)C(=O)N[C@@H](CC(=O)OC(c1ccccc1)(c1ccc(C)cc1)c1ccccc1Cl)C(=O)N1CCCC1. The van der Waals surface area contributed by atoms with Crippen molar-refractivity contribution >= 4 is 35.3 Å². The Morgan fingerprint density at radius 2 is 1.40 bits per heavy atom. The quantitative estimate of drug-likeness (QED) is 0.121. The summed E-state index contributed by atoms with van der Waals surface area (Å²) in [6, 6.07) is 31.4. The van der Waals surface area contributed by atoms with E-state index in [9.17, 15) is 19.2 Å². The maximum Gasteiger partial charge on any atom is 0.310 e. The minimum atomic E-state index is -1.49. The molecule has 0 saturated carbocycles. The Balaban J connectivity index is 1.53. The maximum absolute atomic E-state index is 14.5. The number of likely N-dealkylation sites (N-methyl/N-ethyl adjacent to an activating group) is 2. The van der Waals surface area contributed by atoms with Crippen LogP contribution in [0.1, 0.15) is 60.9 Å². The highest BCUT2D eigenvalue weighted by molar-refractivity contribution is 6.31. The van der Waals surface area contributed by atoms with Crippen molar-refractivity contribution in [3.8, 4) is 0 Å². The van der Waals surface area contributed by atoms with Crippen molar-refractivity contribution in [1.29, 1.82) is 0 Å². The van der Waals surface area contributed by atoms with E-state index in [1.54, 1.807) is 38.9 Å². The lowest BCUT2D eigenvalue weighted by molar-refractivity contribution is -0.156. The second kappa shape index (κ2) is 17.2. The molecular formula is C43H49ClN4O5. The van der Waals surface area contributed by atoms with Gasteiger partial charge in [0.05, 0.1) is 12.0 Å². The molecule has 1 aliphatic rings. The van der Waals surface area contributed by atoms with Gasteiger partial charge < -0.3 is 25.2 Å². The van der Waals surface area contributed by atoms with Crippen LogP contribution in [0.4, 0.5) is 0 Å². The molecule has 3 amide bonds. The number of amides is 3. The van der Waals surface area contributed by atoms with Crippen molar-refractivity contribution in [3.63, 3.8) is 0 Å². The molecule has 0 radical (unpaired) electrons. The third kappa shape index (κ3) is 8.98. The third-order valence-electron chi connectivity index (χ3n) is 10.1. The summed E-state index contributed by atoms with van der Waals surface area (Å²) in [6.07, 6.45) is 1.38. The van der Waals surface area contributed by atoms with Gasteiger partial charge in [0.25, 0.3) is 0 Å². The zero-order valence-corrected chi connectivity index (χ0v) is 31.9. The zero-order valence-electron chi connectivity index (χ0n) is 31.1. The molecule has 1 aliphatic heterocycles. The van der Waals surface area contributed by atoms with Gasteiger partial charge in [-0.2, -0.15) is 0 Å². The number of ether oxygens (including phenoxy) is 1. The first-order valence-electron chi connectivity index (χ1n) is 18.1. The Morgan fingerprint density at radius 1 is 0.830 bits per heavy atom. The van der Waals surface area contributed by atoms with Crippen LogP contribution in [0.25, 0.3) is 0 Å². The standard InChI is InChI=1S/C43H49ClN4O5/c1-30-22-24-33(25-23-30)43(32-18-10-7-11-19-32,34-20-12-13-21-35(34)44)53-38(49)29-36(40(51)48-26-14-15-27-48)46-39(50)37(28-31-16-8-6-9-17-31)47(5)41(52)42(2,3)45-4/h6-13,16-25,36-37,45H,14-15,26-29H2,1-5H3,(H,46,50)/t36-,37-,43?/m0/s1. The summed E-state index contributed by atoms with van der Waals surface area (Å²) >= 11 is 6.89. The fourth-order valence-corrected chi connectivity index (χ4v) is 7.06. The number of nitrogens with one attached hydrogen (secondary N) is 2. The minimum absolute atomic E-state index is 0.195. The largest absolute Gasteiger partial charge is 0.444 e. The summed E-state index contributed by atoms with van der Waals surface area (Å²) < 4.78 is 6.62. The molecule has 10 heteroatoms. The summed E-state index contributed by atoms with van der Waals surface area (Å²) in [5.74, 6) is -1.95. The fourth-order valence-electron chi connectivity index (χ4n) is 6.80. The number of halogens is 1. The first-order chi connectivity index (χ1) is 25.4. The van der Waals surface area contributed by atoms with Gasteiger partial charge in [-0.3, -0.25) is 19.2 Å². The average Bonchev–Trinajstić information content (AvgIpc) is 3.72. The highest BCUT2D eigenvalue weighted by Crippen LogP contribution is 2.44. The van der Waals surface area contributed by atoms with Gasteiger partial charge in [-0.05, 0) is 52.3 Å². The molecule has 3 atom stereocenters. The molecule has 1 unspecified atom stereocenters. The topological polar surface area (TPSA) is 108 Å². The van der Waals surface area contributed by atoms with E-state index in [0.717, 1.165) is 24.0 Å². The first-order valence-corrected chi connectivity index (χ1v) is 18.4. The second-order valence-electron chi connectivity index (χ2n) is 14.2. The van der Waals surface area contributed by atoms with E-state index < -0.39 is 41.5 Å². The summed E-state index contributed by atoms with van der Waals surface area (Å²) in [5.41, 5.74) is 1.27. The number of likely N-dealkylation sites (tertiary alicyclic amines) is 1. The smallest absolute Gasteiger partial charge is 0.310 e. The maximum atomic E-state index is 14.5. The monoisotopic (exact) mass is 736 g/mol. The lowest BCUT2D eigenvalue weighted by Crippen LogP contribution is -2.60. The first kappa shape index (κ1) is 39.2. The Hall–Kier alpha value is -4.99. The van der Waals surface area contributed by atoms with E-state index in [2.05, 4.69) is 10.6 Å². The number of aryl methyl sites for hydroxylation is 1. The van der Waals surface area contributed by atoms with Crippen LogP contribution in [0.2, 0.25) is 5.02 Å². The van der Waals surface area contributed by atoms with Crippen LogP contribution in [0, 0.1) is 6.92 Å². The van der Waals surface area contributed by atoms with Crippen molar-refractivity contribution in [2.75, 3.05) is 27.2 Å². The van der Waals surface area contributed by atoms with Crippen molar-refractivity contribution in [1.82, 2.24) is 20.4 Å². The predicted octanol–water partition coefficient (Wildman–Crippen LogP) is 6.05. The van der Waals surface area contributed by atoms with Gasteiger partial charge >= 0.3 is 5.97 Å². The number of hydrogen-bond acceptors (Lipinski definition) is 6. The van der Waals surface area contributed by atoms with E-state index in [-0.39, 0.29) is 18.2 Å². The molecule has 5 rings (SSSR count). The molecule has 1 heterocycles. The van der Waals surface area contributed by atoms with E-state index >= 15 is 0 Å². The Morgan fingerprint density at radius 3 is 2.00 bits per heavy atom. The van der Waals surface area contributed by atoms with E-state index in [1.165, 1.54) is 4.90 Å². The number of nitrogens with zero attached hydrogens (tertiary/aromatic N) is 2. The van der Waals surface area contributed by atoms with E-state index in [4.69, 9.17) is 16.3 Å². The number of benzene rings is 4. The number of carbonyl (C=O) groups excluding carboxylic acids is 4. The molecule has 2 N–H and O–H groups in total. The van der Waals surface area contributed by atoms with Crippen LogP contribution >= 0.6 is 11.6 Å². The Labute approximate surface area is 317 Å². The molecule has 4 aromatic carbocycles. The van der Waals surface area contributed by atoms with Crippen LogP contribution in [-0.2, 0) is 35.9 Å². The lowest BCUT2D eigenvalue weighted by atomic mass is 9.79. The highest BCUT2D eigenvalue weighted by Gasteiger charge is 2.44. The molecule has 278 valence electrons. The van der Waals surface area contributed by atoms with Crippen molar-refractivity contribution in [3.05, 3.63) is 142 Å². The van der Waals surface area contributed by atoms with Gasteiger partial charge in [-0.1, -0.05) is 120 Å². The normalized spacial score (nSPS) is 15.2. The summed E-state index contributed by atoms with van der Waals surface area (Å²) in [5, 5.41) is 6.31. The third-order valence-corrected chi connectivity index (χ3v) is 10.4. The van der Waals surface area contributed by atoms with Gasteiger partial charge in [0, 0.05) is 48.3 Å². The molecule has 1 saturated heterocycles. The van der Waals surface area contributed by atoms with Crippen molar-refractivity contribution in [2.24, 2.45) is 0 Å². The minimum Gasteiger partial charge on any atom is -0.444 e. The van der Waals surface area contributed by atoms with Crippen LogP contribution in [0.3, 0.4) is 0 Å². The molecule has 0 spiro atoms. The molecule has 0 aliphatic carbocycles. The Bertz CT molecular complexity index is 1880. The molecule has 1 fully saturated rings. The van der Waals surface area contributed by atoms with Crippen molar-refractivity contribution in [2.45, 2.75) is 69.7 Å². The van der Waals surface area contributed by atoms with E-state index in [1.807, 2.05) is 110 Å². The van der Waals surface area contributed by atoms with E-state index in [0.29, 0.717) is 34.8 Å². The molecular weight excluding hydrogens is 688 g/mol. The average molecular weight is 737 g/mol. The second-order valence-corrected chi connectivity index (χ2v) is 14.6. The molecule has 9 nitrogen and oxygen atoms in total. The lowest BCUT2D eigenvalue weighted by Gasteiger charge is -2.37. The fraction of sp³-hybridized carbons (Fsp3) is 0.349. The van der Waals surface area contributed by atoms with Gasteiger partial charge in [-0.25, -0.2) is 0 Å². The van der Waals surface area contributed by atoms with Crippen LogP contribution in [0.15, 0.2) is 109 Å².